The van der Waals surface area contributed by atoms with E-state index in [1.54, 1.807) is 26.4 Å². The summed E-state index contributed by atoms with van der Waals surface area (Å²) in [5, 5.41) is 1.85. The number of aromatic nitrogens is 1. The van der Waals surface area contributed by atoms with Crippen molar-refractivity contribution in [3.8, 4) is 17.2 Å². The predicted octanol–water partition coefficient (Wildman–Crippen LogP) is 6.52. The van der Waals surface area contributed by atoms with Crippen LogP contribution in [0.4, 0.5) is 0 Å². The highest BCUT2D eigenvalue weighted by Crippen LogP contribution is 2.45. The minimum Gasteiger partial charge on any atom is -0.539 e. The highest BCUT2D eigenvalue weighted by molar-refractivity contribution is 7.94. The molecule has 4 rings (SSSR count). The number of pyridine rings is 1. The smallest absolute Gasteiger partial charge is 0.250 e. The fourth-order valence-electron chi connectivity index (χ4n) is 4.26. The van der Waals surface area contributed by atoms with Crippen molar-refractivity contribution in [3.63, 3.8) is 0 Å². The average Bonchev–Trinajstić information content (AvgIpc) is 2.90. The lowest BCUT2D eigenvalue weighted by atomic mass is 10.1. The molecule has 1 heterocycles. The molecule has 39 heavy (non-hydrogen) atoms. The normalized spacial score (nSPS) is 12.5. The van der Waals surface area contributed by atoms with Gasteiger partial charge in [-0.3, -0.25) is 4.79 Å². The number of fused-ring (bicyclic) bond motifs is 2. The van der Waals surface area contributed by atoms with Crippen molar-refractivity contribution in [1.82, 2.24) is 4.57 Å². The van der Waals surface area contributed by atoms with E-state index in [0.29, 0.717) is 45.6 Å². The first-order valence-corrected chi connectivity index (χ1v) is 17.1. The van der Waals surface area contributed by atoms with Crippen LogP contribution in [-0.4, -0.2) is 35.5 Å². The van der Waals surface area contributed by atoms with Crippen molar-refractivity contribution in [2.75, 3.05) is 14.2 Å². The van der Waals surface area contributed by atoms with Crippen LogP contribution in [0.1, 0.15) is 26.3 Å². The molecule has 0 saturated carbocycles. The molecule has 0 N–H and O–H groups in total. The largest absolute Gasteiger partial charge is 0.539 e. The van der Waals surface area contributed by atoms with Gasteiger partial charge in [0, 0.05) is 22.7 Å². The van der Waals surface area contributed by atoms with Crippen LogP contribution < -0.4 is 19.3 Å². The highest BCUT2D eigenvalue weighted by Gasteiger charge is 2.40. The predicted molar refractivity (Wildman–Crippen MR) is 160 cm³/mol. The number of nitrogens with zero attached hydrogens (tertiary/aromatic N) is 1. The average molecular weight is 566 g/mol. The molecular weight excluding hydrogens is 530 g/mol. The number of benzene rings is 3. The van der Waals surface area contributed by atoms with Gasteiger partial charge in [-0.1, -0.05) is 39.5 Å². The van der Waals surface area contributed by atoms with Gasteiger partial charge in [-0.2, -0.15) is 0 Å². The molecule has 0 spiro atoms. The van der Waals surface area contributed by atoms with E-state index in [0.717, 1.165) is 11.0 Å². The number of hydrogen-bond donors (Lipinski definition) is 0. The van der Waals surface area contributed by atoms with Gasteiger partial charge in [0.05, 0.1) is 30.1 Å². The summed E-state index contributed by atoms with van der Waals surface area (Å²) in [6.45, 7) is 14.6. The lowest BCUT2D eigenvalue weighted by Crippen LogP contribution is -2.44. The van der Waals surface area contributed by atoms with Gasteiger partial charge in [0.2, 0.25) is 0 Å². The molecule has 0 aliphatic rings. The van der Waals surface area contributed by atoms with E-state index in [4.69, 9.17) is 13.9 Å². The Kier molecular flexibility index (Phi) is 7.44. The first-order valence-electron chi connectivity index (χ1n) is 12.6. The second-order valence-corrected chi connectivity index (χ2v) is 17.6. The summed E-state index contributed by atoms with van der Waals surface area (Å²) in [5.41, 5.74) is 1.86. The monoisotopic (exact) mass is 565 g/mol. The molecule has 1 aromatic heterocycles. The Balaban J connectivity index is 1.96. The third kappa shape index (κ3) is 5.20. The zero-order valence-electron chi connectivity index (χ0n) is 23.5. The molecule has 9 heteroatoms. The van der Waals surface area contributed by atoms with Crippen molar-refractivity contribution < 1.29 is 22.3 Å². The Hall–Kier alpha value is -3.56. The Morgan fingerprint density at radius 2 is 1.51 bits per heavy atom. The van der Waals surface area contributed by atoms with Gasteiger partial charge in [-0.15, -0.1) is 0 Å². The van der Waals surface area contributed by atoms with E-state index in [-0.39, 0.29) is 15.4 Å². The van der Waals surface area contributed by atoms with Crippen LogP contribution in [0.2, 0.25) is 18.1 Å². The molecule has 3 aromatic carbocycles. The lowest BCUT2D eigenvalue weighted by Gasteiger charge is -2.37. The third-order valence-corrected chi connectivity index (χ3v) is 13.2. The Labute approximate surface area is 230 Å². The number of para-hydroxylation sites is 1. The lowest BCUT2D eigenvalue weighted by molar-refractivity contribution is 0.353. The first-order chi connectivity index (χ1) is 18.2. The van der Waals surface area contributed by atoms with Crippen molar-refractivity contribution in [2.24, 2.45) is 0 Å². The molecule has 206 valence electrons. The summed E-state index contributed by atoms with van der Waals surface area (Å²) in [7, 11) is -2.73. The van der Waals surface area contributed by atoms with Crippen LogP contribution in [0.3, 0.4) is 0 Å². The van der Waals surface area contributed by atoms with Crippen LogP contribution >= 0.6 is 0 Å². The second kappa shape index (κ2) is 10.2. The van der Waals surface area contributed by atoms with E-state index in [9.17, 15) is 13.2 Å². The number of methoxy groups -OCH3 is 2. The first kappa shape index (κ1) is 28.4. The number of hydrogen-bond acceptors (Lipinski definition) is 6. The number of rotatable bonds is 8. The fraction of sp³-hybridized carbons (Fsp3) is 0.300. The van der Waals surface area contributed by atoms with E-state index in [2.05, 4.69) is 40.4 Å². The summed E-state index contributed by atoms with van der Waals surface area (Å²) >= 11 is 0. The standard InChI is InChI=1S/C30H35NO6SSi/c1-9-38(33,34)21-14-15-23-25(18-21)31(24-13-11-10-12-22(24)28(23)32)19-20-16-26(35-5)29(27(17-20)36-6)37-39(7,8)30(2,3)4/h9-18H,1,19H2,2-8H3. The maximum atomic E-state index is 13.3. The van der Waals surface area contributed by atoms with Gasteiger partial charge in [0.15, 0.2) is 32.5 Å². The topological polar surface area (TPSA) is 83.8 Å². The Morgan fingerprint density at radius 3 is 2.08 bits per heavy atom. The van der Waals surface area contributed by atoms with Gasteiger partial charge in [-0.25, -0.2) is 8.42 Å². The minimum absolute atomic E-state index is 0.0288. The summed E-state index contributed by atoms with van der Waals surface area (Å²) in [6, 6.07) is 15.6. The fourth-order valence-corrected chi connectivity index (χ4v) is 6.01. The quantitative estimate of drug-likeness (QED) is 0.179. The van der Waals surface area contributed by atoms with Gasteiger partial charge in [-0.05, 0) is 66.2 Å². The number of ether oxygens (including phenoxy) is 2. The molecule has 0 aliphatic carbocycles. The molecule has 0 amide bonds. The van der Waals surface area contributed by atoms with Crippen LogP contribution in [0.25, 0.3) is 21.8 Å². The van der Waals surface area contributed by atoms with Crippen molar-refractivity contribution in [2.45, 2.75) is 50.3 Å². The Morgan fingerprint density at radius 1 is 0.923 bits per heavy atom. The molecule has 0 radical (unpaired) electrons. The molecule has 7 nitrogen and oxygen atoms in total. The summed E-state index contributed by atoms with van der Waals surface area (Å²) < 4.78 is 45.3. The third-order valence-electron chi connectivity index (χ3n) is 7.52. The molecule has 0 bridgehead atoms. The number of sulfone groups is 1. The van der Waals surface area contributed by atoms with E-state index in [1.165, 1.54) is 12.1 Å². The van der Waals surface area contributed by atoms with Crippen LogP contribution in [0.5, 0.6) is 17.2 Å². The second-order valence-electron chi connectivity index (χ2n) is 11.0. The minimum atomic E-state index is -3.71. The van der Waals surface area contributed by atoms with Crippen molar-refractivity contribution in [1.29, 1.82) is 0 Å². The van der Waals surface area contributed by atoms with Gasteiger partial charge in [0.25, 0.3) is 8.32 Å². The SMILES string of the molecule is C=CS(=O)(=O)c1ccc2c(=O)c3ccccc3n(Cc3cc(OC)c(O[Si](C)(C)C(C)(C)C)c(OC)c3)c2c1. The van der Waals surface area contributed by atoms with Crippen molar-refractivity contribution in [3.05, 3.63) is 82.4 Å². The molecule has 0 unspecified atom stereocenters. The summed E-state index contributed by atoms with van der Waals surface area (Å²) in [6.07, 6.45) is 0. The maximum Gasteiger partial charge on any atom is 0.250 e. The highest BCUT2D eigenvalue weighted by atomic mass is 32.2. The van der Waals surface area contributed by atoms with Crippen LogP contribution in [0, 0.1) is 0 Å². The van der Waals surface area contributed by atoms with E-state index < -0.39 is 18.2 Å². The van der Waals surface area contributed by atoms with E-state index in [1.807, 2.05) is 34.9 Å². The molecule has 0 aliphatic heterocycles. The zero-order valence-corrected chi connectivity index (χ0v) is 25.3. The summed E-state index contributed by atoms with van der Waals surface area (Å²) in [5.74, 6) is 1.64. The van der Waals surface area contributed by atoms with Crippen LogP contribution in [-0.2, 0) is 16.4 Å². The Bertz CT molecular complexity index is 1720. The zero-order chi connectivity index (χ0) is 28.8. The van der Waals surface area contributed by atoms with Gasteiger partial charge >= 0.3 is 0 Å². The molecule has 0 fully saturated rings. The molecule has 0 saturated heterocycles. The van der Waals surface area contributed by atoms with E-state index >= 15 is 0 Å². The van der Waals surface area contributed by atoms with Gasteiger partial charge in [0.1, 0.15) is 0 Å². The van der Waals surface area contributed by atoms with Crippen molar-refractivity contribution >= 4 is 40.0 Å². The molecular formula is C30H35NO6SSi. The summed E-state index contributed by atoms with van der Waals surface area (Å²) in [4.78, 5) is 13.4. The van der Waals surface area contributed by atoms with Crippen LogP contribution in [0.15, 0.2) is 76.3 Å². The van der Waals surface area contributed by atoms with Gasteiger partial charge < -0.3 is 18.5 Å². The maximum absolute atomic E-state index is 13.3. The molecule has 0 atom stereocenters. The molecule has 4 aromatic rings.